The Bertz CT molecular complexity index is 479. The van der Waals surface area contributed by atoms with Crippen molar-refractivity contribution in [3.05, 3.63) is 30.1 Å². The largest absolute Gasteiger partial charge is 0.750 e. The predicted molar refractivity (Wildman–Crippen MR) is 63.9 cm³/mol. The quantitative estimate of drug-likeness (QED) is 0.627. The van der Waals surface area contributed by atoms with E-state index in [2.05, 4.69) is 14.2 Å². The molecule has 6 heteroatoms. The van der Waals surface area contributed by atoms with Crippen LogP contribution in [0.5, 0.6) is 0 Å². The van der Waals surface area contributed by atoms with Crippen LogP contribution in [0.25, 0.3) is 11.0 Å². The van der Waals surface area contributed by atoms with Gasteiger partial charge in [-0.2, -0.15) is 0 Å². The van der Waals surface area contributed by atoms with E-state index in [1.807, 2.05) is 24.3 Å². The van der Waals surface area contributed by atoms with Gasteiger partial charge in [-0.3, -0.25) is 0 Å². The lowest BCUT2D eigenvalue weighted by atomic mass is 10.2. The summed E-state index contributed by atoms with van der Waals surface area (Å²) in [6, 6.07) is 7.85. The number of benzene rings is 1. The van der Waals surface area contributed by atoms with Gasteiger partial charge in [0.1, 0.15) is 5.82 Å². The van der Waals surface area contributed by atoms with Gasteiger partial charge in [0, 0.05) is 6.42 Å². The van der Waals surface area contributed by atoms with Crippen molar-refractivity contribution < 1.29 is 12.9 Å². The van der Waals surface area contributed by atoms with Crippen molar-refractivity contribution in [2.45, 2.75) is 19.3 Å². The van der Waals surface area contributed by atoms with E-state index in [1.165, 1.54) is 0 Å². The fraction of sp³-hybridized carbons (Fsp3) is 0.364. The van der Waals surface area contributed by atoms with E-state index in [9.17, 15) is 8.76 Å². The average Bonchev–Trinajstić information content (AvgIpc) is 2.70. The zero-order valence-corrected chi connectivity index (χ0v) is 10.0. The summed E-state index contributed by atoms with van der Waals surface area (Å²) in [5, 5.41) is 0. The summed E-state index contributed by atoms with van der Waals surface area (Å²) in [7, 11) is 0. The number of rotatable bonds is 6. The molecular weight excluding hydrogens is 240 g/mol. The first-order chi connectivity index (χ1) is 8.25. The lowest BCUT2D eigenvalue weighted by Gasteiger charge is -2.04. The van der Waals surface area contributed by atoms with Crippen LogP contribution in [0.4, 0.5) is 0 Å². The van der Waals surface area contributed by atoms with Gasteiger partial charge in [-0.1, -0.05) is 12.1 Å². The average molecular weight is 253 g/mol. The monoisotopic (exact) mass is 253 g/mol. The number of para-hydroxylation sites is 2. The molecule has 1 unspecified atom stereocenters. The third-order valence-electron chi connectivity index (χ3n) is 2.43. The second-order valence-corrected chi connectivity index (χ2v) is 4.33. The second kappa shape index (κ2) is 5.90. The Balaban J connectivity index is 1.81. The number of nitrogens with zero attached hydrogens (tertiary/aromatic N) is 1. The number of imidazole rings is 1. The normalized spacial score (nSPS) is 13.0. The van der Waals surface area contributed by atoms with Crippen LogP contribution < -0.4 is 0 Å². The molecule has 1 N–H and O–H groups in total. The SMILES string of the molecule is O=S([O-])OCCCCc1nc2ccccc2[nH]1. The minimum absolute atomic E-state index is 0.232. The molecule has 2 rings (SSSR count). The highest BCUT2D eigenvalue weighted by Crippen LogP contribution is 2.11. The topological polar surface area (TPSA) is 78.0 Å². The standard InChI is InChI=1S/C11H14N2O3S/c14-17(15)16-8-4-3-7-11-12-9-5-1-2-6-10(9)13-11/h1-2,5-6H,3-4,7-8H2,(H,12,13)(H,14,15)/p-1. The number of nitrogens with one attached hydrogen (secondary N) is 1. The summed E-state index contributed by atoms with van der Waals surface area (Å²) >= 11 is -2.40. The van der Waals surface area contributed by atoms with Crippen LogP contribution in [0, 0.1) is 0 Å². The van der Waals surface area contributed by atoms with E-state index < -0.39 is 11.4 Å². The van der Waals surface area contributed by atoms with Crippen LogP contribution in [-0.4, -0.2) is 25.3 Å². The van der Waals surface area contributed by atoms with Crippen molar-refractivity contribution in [2.75, 3.05) is 6.61 Å². The van der Waals surface area contributed by atoms with Gasteiger partial charge in [-0.25, -0.2) is 9.19 Å². The lowest BCUT2D eigenvalue weighted by Crippen LogP contribution is -1.98. The minimum Gasteiger partial charge on any atom is -0.750 e. The van der Waals surface area contributed by atoms with E-state index in [4.69, 9.17) is 0 Å². The van der Waals surface area contributed by atoms with Gasteiger partial charge in [-0.05, 0) is 25.0 Å². The molecule has 92 valence electrons. The Labute approximate surface area is 102 Å². The molecule has 5 nitrogen and oxygen atoms in total. The highest BCUT2D eigenvalue weighted by molar-refractivity contribution is 7.74. The van der Waals surface area contributed by atoms with Crippen molar-refractivity contribution in [3.63, 3.8) is 0 Å². The molecule has 0 aliphatic rings. The Morgan fingerprint density at radius 1 is 1.35 bits per heavy atom. The summed E-state index contributed by atoms with van der Waals surface area (Å²) in [5.41, 5.74) is 1.99. The highest BCUT2D eigenvalue weighted by atomic mass is 32.2. The van der Waals surface area contributed by atoms with E-state index in [0.717, 1.165) is 29.7 Å². The third-order valence-corrected chi connectivity index (χ3v) is 2.79. The number of H-pyrrole nitrogens is 1. The number of fused-ring (bicyclic) bond motifs is 1. The molecule has 0 fully saturated rings. The predicted octanol–water partition coefficient (Wildman–Crippen LogP) is 1.70. The van der Waals surface area contributed by atoms with E-state index in [1.54, 1.807) is 0 Å². The van der Waals surface area contributed by atoms with Crippen LogP contribution in [0.2, 0.25) is 0 Å². The van der Waals surface area contributed by atoms with Crippen LogP contribution in [0.1, 0.15) is 18.7 Å². The zero-order chi connectivity index (χ0) is 12.1. The Kier molecular flexibility index (Phi) is 4.24. The molecule has 1 heterocycles. The molecule has 0 aliphatic carbocycles. The number of unbranched alkanes of at least 4 members (excludes halogenated alkanes) is 1. The van der Waals surface area contributed by atoms with Gasteiger partial charge in [0.15, 0.2) is 0 Å². The zero-order valence-electron chi connectivity index (χ0n) is 9.22. The molecule has 0 amide bonds. The number of hydrogen-bond acceptors (Lipinski definition) is 4. The van der Waals surface area contributed by atoms with Gasteiger partial charge in [0.25, 0.3) is 0 Å². The Morgan fingerprint density at radius 2 is 2.18 bits per heavy atom. The van der Waals surface area contributed by atoms with Gasteiger partial charge in [0.2, 0.25) is 0 Å². The maximum atomic E-state index is 10.1. The third kappa shape index (κ3) is 3.62. The second-order valence-electron chi connectivity index (χ2n) is 3.68. The fourth-order valence-electron chi connectivity index (χ4n) is 1.65. The minimum atomic E-state index is -2.40. The Morgan fingerprint density at radius 3 is 2.94 bits per heavy atom. The highest BCUT2D eigenvalue weighted by Gasteiger charge is 2.01. The molecule has 0 saturated carbocycles. The van der Waals surface area contributed by atoms with Crippen molar-refractivity contribution in [2.24, 2.45) is 0 Å². The maximum Gasteiger partial charge on any atom is 0.107 e. The number of aryl methyl sites for hydroxylation is 1. The Hall–Kier alpha value is -1.24. The number of aromatic amines is 1. The molecule has 2 aromatic rings. The van der Waals surface area contributed by atoms with Crippen LogP contribution >= 0.6 is 0 Å². The summed E-state index contributed by atoms with van der Waals surface area (Å²) in [4.78, 5) is 7.65. The van der Waals surface area contributed by atoms with E-state index in [-0.39, 0.29) is 6.61 Å². The molecule has 0 saturated heterocycles. The van der Waals surface area contributed by atoms with Crippen molar-refractivity contribution in [1.82, 2.24) is 9.97 Å². The fourth-order valence-corrected chi connectivity index (χ4v) is 1.90. The maximum absolute atomic E-state index is 10.1. The molecule has 1 aromatic heterocycles. The molecule has 1 aromatic carbocycles. The summed E-state index contributed by atoms with van der Waals surface area (Å²) in [5.74, 6) is 0.925. The van der Waals surface area contributed by atoms with Gasteiger partial charge in [-0.15, -0.1) is 0 Å². The molecule has 1 atom stereocenters. The first kappa shape index (κ1) is 12.2. The van der Waals surface area contributed by atoms with Gasteiger partial charge < -0.3 is 13.7 Å². The van der Waals surface area contributed by atoms with E-state index in [0.29, 0.717) is 6.42 Å². The van der Waals surface area contributed by atoms with Crippen molar-refractivity contribution >= 4 is 22.4 Å². The molecular formula is C11H13N2O3S-. The molecule has 0 spiro atoms. The van der Waals surface area contributed by atoms with Crippen molar-refractivity contribution in [3.8, 4) is 0 Å². The van der Waals surface area contributed by atoms with Crippen LogP contribution in [-0.2, 0) is 22.0 Å². The molecule has 0 radical (unpaired) electrons. The molecule has 0 bridgehead atoms. The first-order valence-electron chi connectivity index (χ1n) is 5.42. The summed E-state index contributed by atoms with van der Waals surface area (Å²) < 4.78 is 24.6. The summed E-state index contributed by atoms with van der Waals surface area (Å²) in [6.45, 7) is 0.232. The smallest absolute Gasteiger partial charge is 0.107 e. The van der Waals surface area contributed by atoms with E-state index >= 15 is 0 Å². The van der Waals surface area contributed by atoms with Gasteiger partial charge in [0.05, 0.1) is 29.0 Å². The molecule has 0 aliphatic heterocycles. The van der Waals surface area contributed by atoms with Crippen LogP contribution in [0.3, 0.4) is 0 Å². The van der Waals surface area contributed by atoms with Crippen LogP contribution in [0.15, 0.2) is 24.3 Å². The molecule has 17 heavy (non-hydrogen) atoms. The summed E-state index contributed by atoms with van der Waals surface area (Å²) in [6.07, 6.45) is 2.34. The lowest BCUT2D eigenvalue weighted by molar-refractivity contribution is 0.292. The number of hydrogen-bond donors (Lipinski definition) is 1. The number of aromatic nitrogens is 2. The van der Waals surface area contributed by atoms with Gasteiger partial charge >= 0.3 is 0 Å². The first-order valence-corrected chi connectivity index (χ1v) is 6.42. The van der Waals surface area contributed by atoms with Crippen molar-refractivity contribution in [1.29, 1.82) is 0 Å².